The molecule has 0 bridgehead atoms. The normalized spacial score (nSPS) is 11.1. The van der Waals surface area contributed by atoms with Crippen molar-refractivity contribution in [1.82, 2.24) is 5.32 Å². The van der Waals surface area contributed by atoms with Gasteiger partial charge in [0.05, 0.1) is 10.6 Å². The van der Waals surface area contributed by atoms with E-state index in [1.54, 1.807) is 0 Å². The third-order valence-electron chi connectivity index (χ3n) is 2.10. The van der Waals surface area contributed by atoms with Gasteiger partial charge in [0, 0.05) is 18.0 Å². The Bertz CT molecular complexity index is 521. The van der Waals surface area contributed by atoms with Gasteiger partial charge in [0.1, 0.15) is 0 Å². The third kappa shape index (κ3) is 4.90. The molecule has 4 nitrogen and oxygen atoms in total. The van der Waals surface area contributed by atoms with Gasteiger partial charge in [0.15, 0.2) is 0 Å². The highest BCUT2D eigenvalue weighted by molar-refractivity contribution is 6.31. The fourth-order valence-electron chi connectivity index (χ4n) is 1.26. The van der Waals surface area contributed by atoms with Gasteiger partial charge in [-0.15, -0.1) is 11.6 Å². The molecule has 1 aromatic rings. The predicted molar refractivity (Wildman–Crippen MR) is 69.0 cm³/mol. The molecular formula is C11H9Cl2F3N2O2. The zero-order valence-electron chi connectivity index (χ0n) is 9.85. The number of anilines is 1. The second-order valence-corrected chi connectivity index (χ2v) is 4.42. The first-order chi connectivity index (χ1) is 9.24. The fourth-order valence-corrected chi connectivity index (χ4v) is 1.65. The molecule has 0 aliphatic carbocycles. The Hall–Kier alpha value is -1.47. The van der Waals surface area contributed by atoms with Crippen LogP contribution in [0.25, 0.3) is 0 Å². The van der Waals surface area contributed by atoms with Crippen LogP contribution in [0.3, 0.4) is 0 Å². The van der Waals surface area contributed by atoms with Crippen molar-refractivity contribution in [1.29, 1.82) is 0 Å². The Labute approximate surface area is 122 Å². The quantitative estimate of drug-likeness (QED) is 0.832. The van der Waals surface area contributed by atoms with Gasteiger partial charge in [0.25, 0.3) is 0 Å². The highest BCUT2D eigenvalue weighted by Crippen LogP contribution is 2.36. The number of carbonyl (C=O) groups is 2. The summed E-state index contributed by atoms with van der Waals surface area (Å²) in [6.07, 6.45) is -4.72. The summed E-state index contributed by atoms with van der Waals surface area (Å²) >= 11 is 10.7. The van der Waals surface area contributed by atoms with Gasteiger partial charge >= 0.3 is 12.2 Å². The van der Waals surface area contributed by atoms with Gasteiger partial charge < -0.3 is 5.32 Å². The molecule has 1 aromatic carbocycles. The summed E-state index contributed by atoms with van der Waals surface area (Å²) in [7, 11) is 0. The van der Waals surface area contributed by atoms with E-state index in [1.165, 1.54) is 6.07 Å². The van der Waals surface area contributed by atoms with Crippen LogP contribution in [0.2, 0.25) is 5.02 Å². The number of hydrogen-bond donors (Lipinski definition) is 2. The molecular weight excluding hydrogens is 320 g/mol. The molecule has 0 atom stereocenters. The Morgan fingerprint density at radius 2 is 1.90 bits per heavy atom. The van der Waals surface area contributed by atoms with Gasteiger partial charge in [0.2, 0.25) is 5.91 Å². The van der Waals surface area contributed by atoms with Gasteiger partial charge in [-0.05, 0) is 18.2 Å². The molecule has 0 fully saturated rings. The summed E-state index contributed by atoms with van der Waals surface area (Å²) in [5.74, 6) is -0.610. The average molecular weight is 329 g/mol. The highest BCUT2D eigenvalue weighted by Gasteiger charge is 2.33. The van der Waals surface area contributed by atoms with E-state index in [-0.39, 0.29) is 18.0 Å². The number of rotatable bonds is 3. The number of hydrogen-bond acceptors (Lipinski definition) is 2. The molecule has 3 amide bonds. The molecule has 0 aliphatic heterocycles. The molecule has 0 radical (unpaired) electrons. The van der Waals surface area contributed by atoms with E-state index >= 15 is 0 Å². The number of imide groups is 1. The zero-order chi connectivity index (χ0) is 15.3. The lowest BCUT2D eigenvalue weighted by molar-refractivity contribution is -0.137. The summed E-state index contributed by atoms with van der Waals surface area (Å²) in [5, 5.41) is 3.53. The number of alkyl halides is 4. The Morgan fingerprint density at radius 1 is 1.25 bits per heavy atom. The summed E-state index contributed by atoms with van der Waals surface area (Å²) in [5.41, 5.74) is -1.22. The lowest BCUT2D eigenvalue weighted by Gasteiger charge is -2.11. The van der Waals surface area contributed by atoms with Crippen molar-refractivity contribution >= 4 is 40.8 Å². The minimum atomic E-state index is -4.64. The molecule has 0 heterocycles. The Balaban J connectivity index is 2.79. The molecule has 9 heteroatoms. The van der Waals surface area contributed by atoms with Gasteiger partial charge in [-0.3, -0.25) is 10.1 Å². The zero-order valence-corrected chi connectivity index (χ0v) is 11.4. The predicted octanol–water partition coefficient (Wildman–Crippen LogP) is 3.64. The van der Waals surface area contributed by atoms with Crippen molar-refractivity contribution < 1.29 is 22.8 Å². The van der Waals surface area contributed by atoms with Crippen LogP contribution in [0.15, 0.2) is 18.2 Å². The van der Waals surface area contributed by atoms with Crippen LogP contribution >= 0.6 is 23.2 Å². The number of nitrogens with one attached hydrogen (secondary N) is 2. The number of carbonyl (C=O) groups excluding carboxylic acids is 2. The molecule has 0 unspecified atom stereocenters. The average Bonchev–Trinajstić information content (AvgIpc) is 2.30. The molecule has 0 spiro atoms. The number of amides is 3. The highest BCUT2D eigenvalue weighted by atomic mass is 35.5. The van der Waals surface area contributed by atoms with Crippen molar-refractivity contribution in [2.24, 2.45) is 0 Å². The molecule has 110 valence electrons. The standard InChI is InChI=1S/C11H9Cl2F3N2O2/c12-4-3-9(19)18-10(20)17-6-1-2-8(13)7(5-6)11(14,15)16/h1-2,5H,3-4H2,(H2,17,18,19,20). The second-order valence-electron chi connectivity index (χ2n) is 3.63. The van der Waals surface area contributed by atoms with Gasteiger partial charge in [-0.2, -0.15) is 13.2 Å². The van der Waals surface area contributed by atoms with Gasteiger partial charge in [-0.25, -0.2) is 4.79 Å². The van der Waals surface area contributed by atoms with Crippen molar-refractivity contribution in [2.75, 3.05) is 11.2 Å². The van der Waals surface area contributed by atoms with Crippen LogP contribution in [-0.2, 0) is 11.0 Å². The van der Waals surface area contributed by atoms with Crippen molar-refractivity contribution in [2.45, 2.75) is 12.6 Å². The largest absolute Gasteiger partial charge is 0.417 e. The lowest BCUT2D eigenvalue weighted by Crippen LogP contribution is -2.34. The summed E-state index contributed by atoms with van der Waals surface area (Å²) in [6.45, 7) is 0. The van der Waals surface area contributed by atoms with Crippen LogP contribution in [0.4, 0.5) is 23.7 Å². The molecule has 0 aromatic heterocycles. The summed E-state index contributed by atoms with van der Waals surface area (Å²) < 4.78 is 37.8. The monoisotopic (exact) mass is 328 g/mol. The second kappa shape index (κ2) is 6.81. The fraction of sp³-hybridized carbons (Fsp3) is 0.273. The Morgan fingerprint density at radius 3 is 2.45 bits per heavy atom. The molecule has 0 saturated carbocycles. The van der Waals surface area contributed by atoms with E-state index in [0.29, 0.717) is 6.07 Å². The molecule has 20 heavy (non-hydrogen) atoms. The topological polar surface area (TPSA) is 58.2 Å². The Kier molecular flexibility index (Phi) is 5.64. The maximum Gasteiger partial charge on any atom is 0.417 e. The van der Waals surface area contributed by atoms with E-state index in [4.69, 9.17) is 23.2 Å². The minimum Gasteiger partial charge on any atom is -0.308 e. The van der Waals surface area contributed by atoms with Crippen LogP contribution in [0.1, 0.15) is 12.0 Å². The SMILES string of the molecule is O=C(CCCl)NC(=O)Nc1ccc(Cl)c(C(F)(F)F)c1. The number of benzene rings is 1. The van der Waals surface area contributed by atoms with Gasteiger partial charge in [-0.1, -0.05) is 11.6 Å². The van der Waals surface area contributed by atoms with E-state index in [0.717, 1.165) is 6.07 Å². The van der Waals surface area contributed by atoms with Crippen LogP contribution < -0.4 is 10.6 Å². The maximum atomic E-state index is 12.6. The van der Waals surface area contributed by atoms with Crippen LogP contribution in [0.5, 0.6) is 0 Å². The molecule has 0 saturated heterocycles. The van der Waals surface area contributed by atoms with E-state index in [1.807, 2.05) is 5.32 Å². The van der Waals surface area contributed by atoms with Crippen molar-refractivity contribution in [3.8, 4) is 0 Å². The minimum absolute atomic E-state index is 0.0261. The summed E-state index contributed by atoms with van der Waals surface area (Å²) in [6, 6.07) is 1.91. The van der Waals surface area contributed by atoms with Crippen molar-refractivity contribution in [3.05, 3.63) is 28.8 Å². The molecule has 1 rings (SSSR count). The molecule has 2 N–H and O–H groups in total. The van der Waals surface area contributed by atoms with E-state index < -0.39 is 28.7 Å². The first-order valence-electron chi connectivity index (χ1n) is 5.27. The third-order valence-corrected chi connectivity index (χ3v) is 2.62. The van der Waals surface area contributed by atoms with Crippen LogP contribution in [0, 0.1) is 0 Å². The summed E-state index contributed by atoms with van der Waals surface area (Å²) in [4.78, 5) is 22.4. The number of urea groups is 1. The van der Waals surface area contributed by atoms with Crippen molar-refractivity contribution in [3.63, 3.8) is 0 Å². The first-order valence-corrected chi connectivity index (χ1v) is 6.19. The number of halogens is 5. The van der Waals surface area contributed by atoms with Crippen LogP contribution in [-0.4, -0.2) is 17.8 Å². The lowest BCUT2D eigenvalue weighted by atomic mass is 10.2. The smallest absolute Gasteiger partial charge is 0.308 e. The maximum absolute atomic E-state index is 12.6. The van der Waals surface area contributed by atoms with E-state index in [2.05, 4.69) is 5.32 Å². The molecule has 0 aliphatic rings. The van der Waals surface area contributed by atoms with E-state index in [9.17, 15) is 22.8 Å². The first kappa shape index (κ1) is 16.6.